The average Bonchev–Trinajstić information content (AvgIpc) is 2.51. The third-order valence-corrected chi connectivity index (χ3v) is 4.91. The zero-order valence-electron chi connectivity index (χ0n) is 14.7. The van der Waals surface area contributed by atoms with E-state index in [0.29, 0.717) is 29.7 Å². The van der Waals surface area contributed by atoms with Crippen LogP contribution in [0.1, 0.15) is 38.2 Å². The maximum Gasteiger partial charge on any atom is 0.315 e. The first kappa shape index (κ1) is 17.4. The number of ether oxygens (including phenoxy) is 1. The molecule has 1 heterocycles. The molecule has 0 saturated carbocycles. The molecule has 0 amide bonds. The quantitative estimate of drug-likeness (QED) is 0.836. The number of esters is 1. The normalized spacial score (nSPS) is 25.3. The van der Waals surface area contributed by atoms with Gasteiger partial charge in [-0.2, -0.15) is 0 Å². The number of rotatable bonds is 2. The van der Waals surface area contributed by atoms with Crippen molar-refractivity contribution >= 4 is 11.8 Å². The minimum absolute atomic E-state index is 0.0191. The Balaban J connectivity index is 2.20. The van der Waals surface area contributed by atoms with Crippen LogP contribution < -0.4 is 5.32 Å². The first-order valence-electron chi connectivity index (χ1n) is 8.29. The molecule has 4 nitrogen and oxygen atoms in total. The van der Waals surface area contributed by atoms with Gasteiger partial charge in [-0.25, -0.2) is 4.39 Å². The lowest BCUT2D eigenvalue weighted by atomic mass is 9.66. The molecule has 1 aliphatic carbocycles. The molecule has 5 heteroatoms. The van der Waals surface area contributed by atoms with Crippen LogP contribution in [0, 0.1) is 17.2 Å². The molecule has 0 bridgehead atoms. The lowest BCUT2D eigenvalue weighted by Gasteiger charge is -2.42. The van der Waals surface area contributed by atoms with Crippen LogP contribution in [-0.4, -0.2) is 18.9 Å². The third-order valence-electron chi connectivity index (χ3n) is 4.91. The molecule has 0 saturated heterocycles. The van der Waals surface area contributed by atoms with Crippen molar-refractivity contribution in [3.05, 3.63) is 59.2 Å². The van der Waals surface area contributed by atoms with Crippen molar-refractivity contribution in [2.24, 2.45) is 11.3 Å². The van der Waals surface area contributed by atoms with E-state index in [9.17, 15) is 14.0 Å². The fourth-order valence-electron chi connectivity index (χ4n) is 3.91. The summed E-state index contributed by atoms with van der Waals surface area (Å²) < 4.78 is 18.7. The van der Waals surface area contributed by atoms with Gasteiger partial charge in [0.2, 0.25) is 0 Å². The molecule has 3 rings (SSSR count). The molecule has 1 N–H and O–H groups in total. The summed E-state index contributed by atoms with van der Waals surface area (Å²) in [5.41, 5.74) is 2.21. The van der Waals surface area contributed by atoms with Crippen LogP contribution in [0.15, 0.2) is 47.8 Å². The first-order chi connectivity index (χ1) is 11.7. The van der Waals surface area contributed by atoms with E-state index in [1.807, 2.05) is 13.8 Å². The first-order valence-corrected chi connectivity index (χ1v) is 8.29. The van der Waals surface area contributed by atoms with E-state index >= 15 is 0 Å². The van der Waals surface area contributed by atoms with Crippen LogP contribution in [-0.2, 0) is 14.3 Å². The highest BCUT2D eigenvalue weighted by Gasteiger charge is 2.46. The monoisotopic (exact) mass is 343 g/mol. The average molecular weight is 343 g/mol. The number of ketones is 1. The minimum atomic E-state index is -0.768. The molecule has 25 heavy (non-hydrogen) atoms. The van der Waals surface area contributed by atoms with Crippen molar-refractivity contribution < 1.29 is 18.7 Å². The van der Waals surface area contributed by atoms with E-state index in [1.165, 1.54) is 19.2 Å². The molecular weight excluding hydrogens is 321 g/mol. The van der Waals surface area contributed by atoms with E-state index < -0.39 is 23.6 Å². The molecule has 1 aromatic carbocycles. The standard InChI is InChI=1S/C20H22FNO3/c1-11-16(19(24)25-4)17(12-6-5-7-13(21)8-12)18-14(22-11)9-20(2,3)10-15(18)23/h5-8,16-17,22H,1,9-10H2,2-4H3. The van der Waals surface area contributed by atoms with Gasteiger partial charge >= 0.3 is 5.97 Å². The summed E-state index contributed by atoms with van der Waals surface area (Å²) in [6, 6.07) is 6.03. The Hall–Kier alpha value is -2.43. The van der Waals surface area contributed by atoms with Crippen molar-refractivity contribution in [3.63, 3.8) is 0 Å². The van der Waals surface area contributed by atoms with E-state index in [4.69, 9.17) is 4.74 Å². The molecule has 2 aliphatic rings. The molecule has 132 valence electrons. The number of halogens is 1. The van der Waals surface area contributed by atoms with Crippen LogP contribution in [0.2, 0.25) is 0 Å². The molecular formula is C20H22FNO3. The predicted octanol–water partition coefficient (Wildman–Crippen LogP) is 3.46. The van der Waals surface area contributed by atoms with Gasteiger partial charge in [-0.15, -0.1) is 0 Å². The van der Waals surface area contributed by atoms with Crippen molar-refractivity contribution in [2.75, 3.05) is 7.11 Å². The van der Waals surface area contributed by atoms with Crippen LogP contribution in [0.3, 0.4) is 0 Å². The molecule has 0 spiro atoms. The zero-order chi connectivity index (χ0) is 18.4. The fraction of sp³-hybridized carbons (Fsp3) is 0.400. The van der Waals surface area contributed by atoms with E-state index in [0.717, 1.165) is 5.70 Å². The summed E-state index contributed by atoms with van der Waals surface area (Å²) in [4.78, 5) is 25.3. The fourth-order valence-corrected chi connectivity index (χ4v) is 3.91. The van der Waals surface area contributed by atoms with Gasteiger partial charge in [0, 0.05) is 29.3 Å². The molecule has 1 aliphatic heterocycles. The Kier molecular flexibility index (Phi) is 4.27. The number of hydrogen-bond acceptors (Lipinski definition) is 4. The second kappa shape index (κ2) is 6.14. The zero-order valence-corrected chi connectivity index (χ0v) is 14.7. The van der Waals surface area contributed by atoms with Gasteiger partial charge < -0.3 is 10.1 Å². The number of benzene rings is 1. The third kappa shape index (κ3) is 3.11. The van der Waals surface area contributed by atoms with Crippen LogP contribution >= 0.6 is 0 Å². The smallest absolute Gasteiger partial charge is 0.315 e. The van der Waals surface area contributed by atoms with E-state index in [-0.39, 0.29) is 11.2 Å². The highest BCUT2D eigenvalue weighted by molar-refractivity contribution is 6.00. The summed E-state index contributed by atoms with van der Waals surface area (Å²) in [7, 11) is 1.30. The van der Waals surface area contributed by atoms with Gasteiger partial charge in [0.25, 0.3) is 0 Å². The minimum Gasteiger partial charge on any atom is -0.468 e. The van der Waals surface area contributed by atoms with Crippen molar-refractivity contribution in [1.29, 1.82) is 0 Å². The molecule has 0 fully saturated rings. The van der Waals surface area contributed by atoms with E-state index in [2.05, 4.69) is 11.9 Å². The number of methoxy groups -OCH3 is 1. The number of hydrogen-bond donors (Lipinski definition) is 1. The highest BCUT2D eigenvalue weighted by atomic mass is 19.1. The summed E-state index contributed by atoms with van der Waals surface area (Å²) >= 11 is 0. The Bertz CT molecular complexity index is 794. The van der Waals surface area contributed by atoms with Crippen LogP contribution in [0.25, 0.3) is 0 Å². The molecule has 2 unspecified atom stereocenters. The maximum atomic E-state index is 13.8. The number of allylic oxidation sites excluding steroid dienone is 2. The van der Waals surface area contributed by atoms with Gasteiger partial charge in [0.05, 0.1) is 7.11 Å². The highest BCUT2D eigenvalue weighted by Crippen LogP contribution is 2.48. The van der Waals surface area contributed by atoms with Gasteiger partial charge in [-0.05, 0) is 29.5 Å². The summed E-state index contributed by atoms with van der Waals surface area (Å²) in [6.07, 6.45) is 1.06. The summed E-state index contributed by atoms with van der Waals surface area (Å²) in [5.74, 6) is -2.27. The van der Waals surface area contributed by atoms with Crippen molar-refractivity contribution in [3.8, 4) is 0 Å². The lowest BCUT2D eigenvalue weighted by Crippen LogP contribution is -2.43. The largest absolute Gasteiger partial charge is 0.468 e. The number of Topliss-reactive ketones (excluding diaryl/α,β-unsaturated/α-hetero) is 1. The summed E-state index contributed by atoms with van der Waals surface area (Å²) in [5, 5.41) is 3.15. The molecule has 2 atom stereocenters. The second-order valence-electron chi connectivity index (χ2n) is 7.52. The van der Waals surface area contributed by atoms with Crippen molar-refractivity contribution in [1.82, 2.24) is 5.32 Å². The molecule has 0 radical (unpaired) electrons. The number of nitrogens with one attached hydrogen (secondary N) is 1. The Morgan fingerprint density at radius 2 is 2.08 bits per heavy atom. The van der Waals surface area contributed by atoms with Crippen LogP contribution in [0.5, 0.6) is 0 Å². The lowest BCUT2D eigenvalue weighted by molar-refractivity contribution is -0.144. The van der Waals surface area contributed by atoms with Gasteiger partial charge in [0.15, 0.2) is 5.78 Å². The topological polar surface area (TPSA) is 55.4 Å². The van der Waals surface area contributed by atoms with Gasteiger partial charge in [-0.3, -0.25) is 9.59 Å². The second-order valence-corrected chi connectivity index (χ2v) is 7.52. The Morgan fingerprint density at radius 1 is 1.36 bits per heavy atom. The maximum absolute atomic E-state index is 13.8. The summed E-state index contributed by atoms with van der Waals surface area (Å²) in [6.45, 7) is 8.04. The molecule has 1 aromatic rings. The number of carbonyl (C=O) groups excluding carboxylic acids is 2. The molecule has 0 aromatic heterocycles. The number of carbonyl (C=O) groups is 2. The Morgan fingerprint density at radius 3 is 2.72 bits per heavy atom. The van der Waals surface area contributed by atoms with Gasteiger partial charge in [-0.1, -0.05) is 32.6 Å². The SMILES string of the molecule is C=C1NC2=C(C(=O)CC(C)(C)C2)C(c2cccc(F)c2)C1C(=O)OC. The predicted molar refractivity (Wildman–Crippen MR) is 92.0 cm³/mol. The van der Waals surface area contributed by atoms with Crippen molar-refractivity contribution in [2.45, 2.75) is 32.6 Å². The van der Waals surface area contributed by atoms with Crippen LogP contribution in [0.4, 0.5) is 4.39 Å². The van der Waals surface area contributed by atoms with E-state index in [1.54, 1.807) is 12.1 Å². The Labute approximate surface area is 146 Å². The van der Waals surface area contributed by atoms with Gasteiger partial charge in [0.1, 0.15) is 11.7 Å².